The van der Waals surface area contributed by atoms with Crippen molar-refractivity contribution in [2.45, 2.75) is 19.3 Å². The maximum Gasteiger partial charge on any atom is 0.0408 e. The lowest BCUT2D eigenvalue weighted by Gasteiger charge is -2.22. The van der Waals surface area contributed by atoms with E-state index in [2.05, 4.69) is 19.9 Å². The summed E-state index contributed by atoms with van der Waals surface area (Å²) < 4.78 is 0. The zero-order chi connectivity index (χ0) is 9.19. The van der Waals surface area contributed by atoms with Crippen LogP contribution in [0, 0.1) is 0 Å². The second-order valence-corrected chi connectivity index (χ2v) is 4.03. The van der Waals surface area contributed by atoms with Crippen LogP contribution in [0.25, 0.3) is 0 Å². The van der Waals surface area contributed by atoms with Crippen LogP contribution in [-0.2, 0) is 5.41 Å². The topological polar surface area (TPSA) is 26.0 Å². The van der Waals surface area contributed by atoms with Crippen LogP contribution in [0.1, 0.15) is 19.4 Å². The van der Waals surface area contributed by atoms with E-state index in [9.17, 15) is 0 Å². The normalized spacial score (nSPS) is 10.8. The van der Waals surface area contributed by atoms with Crippen molar-refractivity contribution in [2.24, 2.45) is 5.73 Å². The van der Waals surface area contributed by atoms with Gasteiger partial charge in [0.2, 0.25) is 0 Å². The molecule has 0 amide bonds. The van der Waals surface area contributed by atoms with Gasteiger partial charge in [0.15, 0.2) is 0 Å². The number of rotatable bonds is 2. The zero-order valence-electron chi connectivity index (χ0n) is 7.88. The van der Waals surface area contributed by atoms with Gasteiger partial charge in [-0.25, -0.2) is 0 Å². The number of hydrogen-bond acceptors (Lipinski definition) is 1. The molecule has 0 heterocycles. The average Bonchev–Trinajstić information content (AvgIpc) is 2.05. The van der Waals surface area contributed by atoms with Crippen LogP contribution >= 0.6 is 24.0 Å². The molecule has 1 rings (SSSR count). The maximum absolute atomic E-state index is 5.87. The van der Waals surface area contributed by atoms with Crippen LogP contribution < -0.4 is 5.73 Å². The zero-order valence-corrected chi connectivity index (χ0v) is 9.45. The molecule has 0 bridgehead atoms. The molecule has 0 saturated heterocycles. The molecule has 0 unspecified atom stereocenters. The number of benzene rings is 1. The second kappa shape index (κ2) is 4.85. The maximum atomic E-state index is 5.87. The predicted octanol–water partition coefficient (Wildman–Crippen LogP) is 3.00. The Labute approximate surface area is 90.7 Å². The van der Waals surface area contributed by atoms with Gasteiger partial charge in [-0.3, -0.25) is 0 Å². The average molecular weight is 220 g/mol. The van der Waals surface area contributed by atoms with E-state index in [0.29, 0.717) is 6.54 Å². The Morgan fingerprint density at radius 1 is 1.38 bits per heavy atom. The van der Waals surface area contributed by atoms with Gasteiger partial charge in [0, 0.05) is 17.0 Å². The van der Waals surface area contributed by atoms with Gasteiger partial charge in [-0.15, -0.1) is 12.4 Å². The summed E-state index contributed by atoms with van der Waals surface area (Å²) in [5.41, 5.74) is 6.86. The van der Waals surface area contributed by atoms with Crippen LogP contribution in [0.4, 0.5) is 0 Å². The van der Waals surface area contributed by atoms with Crippen molar-refractivity contribution in [1.82, 2.24) is 0 Å². The summed E-state index contributed by atoms with van der Waals surface area (Å²) in [7, 11) is 0. The quantitative estimate of drug-likeness (QED) is 0.814. The lowest BCUT2D eigenvalue weighted by Crippen LogP contribution is -2.27. The molecule has 0 radical (unpaired) electrons. The largest absolute Gasteiger partial charge is 0.330 e. The van der Waals surface area contributed by atoms with Crippen LogP contribution in [0.5, 0.6) is 0 Å². The van der Waals surface area contributed by atoms with Crippen molar-refractivity contribution in [1.29, 1.82) is 0 Å². The van der Waals surface area contributed by atoms with Crippen LogP contribution in [0.2, 0.25) is 5.02 Å². The Morgan fingerprint density at radius 2 is 2.00 bits per heavy atom. The van der Waals surface area contributed by atoms with Gasteiger partial charge >= 0.3 is 0 Å². The van der Waals surface area contributed by atoms with E-state index in [1.165, 1.54) is 5.56 Å². The third-order valence-electron chi connectivity index (χ3n) is 2.12. The molecule has 1 aromatic rings. The van der Waals surface area contributed by atoms with Crippen molar-refractivity contribution < 1.29 is 0 Å². The van der Waals surface area contributed by atoms with Crippen LogP contribution in [-0.4, -0.2) is 6.54 Å². The first kappa shape index (κ1) is 12.8. The van der Waals surface area contributed by atoms with Gasteiger partial charge < -0.3 is 5.73 Å². The Hall–Kier alpha value is -0.240. The molecule has 1 aromatic carbocycles. The summed E-state index contributed by atoms with van der Waals surface area (Å²) in [5.74, 6) is 0. The first-order valence-electron chi connectivity index (χ1n) is 4.02. The molecule has 0 aliphatic rings. The number of nitrogens with two attached hydrogens (primary N) is 1. The highest BCUT2D eigenvalue weighted by molar-refractivity contribution is 6.30. The Kier molecular flexibility index (Phi) is 4.76. The van der Waals surface area contributed by atoms with Crippen LogP contribution in [0.3, 0.4) is 0 Å². The number of halogens is 2. The SMILES string of the molecule is CC(C)(CN)c1cccc(Cl)c1.Cl. The summed E-state index contributed by atoms with van der Waals surface area (Å²) >= 11 is 5.87. The van der Waals surface area contributed by atoms with Crippen molar-refractivity contribution in [2.75, 3.05) is 6.54 Å². The van der Waals surface area contributed by atoms with Gasteiger partial charge in [-0.2, -0.15) is 0 Å². The Balaban J connectivity index is 0.00000144. The minimum absolute atomic E-state index is 0. The van der Waals surface area contributed by atoms with Gasteiger partial charge in [0.05, 0.1) is 0 Å². The molecular formula is C10H15Cl2N. The van der Waals surface area contributed by atoms with E-state index in [1.807, 2.05) is 18.2 Å². The highest BCUT2D eigenvalue weighted by atomic mass is 35.5. The minimum atomic E-state index is 0. The molecule has 0 fully saturated rings. The summed E-state index contributed by atoms with van der Waals surface area (Å²) in [4.78, 5) is 0. The molecule has 0 aliphatic carbocycles. The molecule has 74 valence electrons. The van der Waals surface area contributed by atoms with Gasteiger partial charge in [0.1, 0.15) is 0 Å². The summed E-state index contributed by atoms with van der Waals surface area (Å²) in [6.45, 7) is 4.85. The monoisotopic (exact) mass is 219 g/mol. The fourth-order valence-corrected chi connectivity index (χ4v) is 1.22. The number of hydrogen-bond donors (Lipinski definition) is 1. The molecule has 1 nitrogen and oxygen atoms in total. The van der Waals surface area contributed by atoms with Gasteiger partial charge in [0.25, 0.3) is 0 Å². The Bertz CT molecular complexity index is 271. The lowest BCUT2D eigenvalue weighted by atomic mass is 9.85. The highest BCUT2D eigenvalue weighted by Crippen LogP contribution is 2.23. The van der Waals surface area contributed by atoms with Gasteiger partial charge in [-0.05, 0) is 17.7 Å². The third-order valence-corrected chi connectivity index (χ3v) is 2.35. The fraction of sp³-hybridized carbons (Fsp3) is 0.400. The smallest absolute Gasteiger partial charge is 0.0408 e. The summed E-state index contributed by atoms with van der Waals surface area (Å²) in [6, 6.07) is 7.85. The van der Waals surface area contributed by atoms with E-state index < -0.39 is 0 Å². The molecule has 13 heavy (non-hydrogen) atoms. The van der Waals surface area contributed by atoms with E-state index in [1.54, 1.807) is 0 Å². The molecule has 0 atom stereocenters. The fourth-order valence-electron chi connectivity index (χ4n) is 1.03. The van der Waals surface area contributed by atoms with Crippen LogP contribution in [0.15, 0.2) is 24.3 Å². The van der Waals surface area contributed by atoms with Crippen molar-refractivity contribution in [3.05, 3.63) is 34.9 Å². The van der Waals surface area contributed by atoms with E-state index in [4.69, 9.17) is 17.3 Å². The van der Waals surface area contributed by atoms with Crippen molar-refractivity contribution in [3.8, 4) is 0 Å². The Morgan fingerprint density at radius 3 is 2.46 bits per heavy atom. The van der Waals surface area contributed by atoms with Gasteiger partial charge in [-0.1, -0.05) is 37.6 Å². The van der Waals surface area contributed by atoms with E-state index >= 15 is 0 Å². The first-order chi connectivity index (χ1) is 5.56. The van der Waals surface area contributed by atoms with Crippen molar-refractivity contribution >= 4 is 24.0 Å². The predicted molar refractivity (Wildman–Crippen MR) is 60.8 cm³/mol. The standard InChI is InChI=1S/C10H14ClN.ClH/c1-10(2,7-12)8-4-3-5-9(11)6-8;/h3-6H,7,12H2,1-2H3;1H. The molecule has 2 N–H and O–H groups in total. The first-order valence-corrected chi connectivity index (χ1v) is 4.40. The summed E-state index contributed by atoms with van der Waals surface area (Å²) in [6.07, 6.45) is 0. The second-order valence-electron chi connectivity index (χ2n) is 3.60. The molecular weight excluding hydrogens is 205 g/mol. The van der Waals surface area contributed by atoms with Crippen molar-refractivity contribution in [3.63, 3.8) is 0 Å². The molecule has 0 spiro atoms. The third kappa shape index (κ3) is 3.18. The van der Waals surface area contributed by atoms with E-state index in [-0.39, 0.29) is 17.8 Å². The molecule has 0 saturated carbocycles. The molecule has 3 heteroatoms. The van der Waals surface area contributed by atoms with E-state index in [0.717, 1.165) is 5.02 Å². The highest BCUT2D eigenvalue weighted by Gasteiger charge is 2.17. The summed E-state index contributed by atoms with van der Waals surface area (Å²) in [5, 5.41) is 0.772. The molecule has 0 aromatic heterocycles. The lowest BCUT2D eigenvalue weighted by molar-refractivity contribution is 0.539. The minimum Gasteiger partial charge on any atom is -0.330 e. The molecule has 0 aliphatic heterocycles.